The van der Waals surface area contributed by atoms with E-state index in [4.69, 9.17) is 11.6 Å². The molecule has 2 heterocycles. The molecule has 0 amide bonds. The molecule has 0 spiro atoms. The fourth-order valence-corrected chi connectivity index (χ4v) is 3.34. The number of hydrogen-bond donors (Lipinski definition) is 1. The summed E-state index contributed by atoms with van der Waals surface area (Å²) in [7, 11) is 5.44. The van der Waals surface area contributed by atoms with Gasteiger partial charge in [-0.3, -0.25) is 4.99 Å². The Morgan fingerprint density at radius 1 is 1.48 bits per heavy atom. The number of rotatable bonds is 5. The van der Waals surface area contributed by atoms with Gasteiger partial charge in [0.05, 0.1) is 16.6 Å². The van der Waals surface area contributed by atoms with Crippen LogP contribution in [-0.4, -0.2) is 41.1 Å². The van der Waals surface area contributed by atoms with E-state index in [9.17, 15) is 13.2 Å². The Hall–Kier alpha value is -1.74. The van der Waals surface area contributed by atoms with Crippen LogP contribution >= 0.6 is 22.9 Å². The third-order valence-corrected chi connectivity index (χ3v) is 4.63. The van der Waals surface area contributed by atoms with Crippen LogP contribution in [0.3, 0.4) is 0 Å². The van der Waals surface area contributed by atoms with E-state index >= 15 is 0 Å². The van der Waals surface area contributed by atoms with Crippen molar-refractivity contribution in [2.75, 3.05) is 20.6 Å². The minimum atomic E-state index is -4.39. The smallest absolute Gasteiger partial charge is 0.356 e. The Labute approximate surface area is 153 Å². The van der Waals surface area contributed by atoms with E-state index in [0.29, 0.717) is 35.5 Å². The first-order valence-corrected chi connectivity index (χ1v) is 8.70. The molecule has 2 aromatic heterocycles. The Morgan fingerprint density at radius 3 is 2.72 bits per heavy atom. The van der Waals surface area contributed by atoms with Gasteiger partial charge >= 0.3 is 6.18 Å². The van der Waals surface area contributed by atoms with Crippen LogP contribution in [0.1, 0.15) is 16.4 Å². The van der Waals surface area contributed by atoms with Crippen molar-refractivity contribution < 1.29 is 13.2 Å². The summed E-state index contributed by atoms with van der Waals surface area (Å²) in [5.74, 6) is 0.643. The number of guanidine groups is 1. The molecule has 0 saturated heterocycles. The molecule has 0 aliphatic heterocycles. The van der Waals surface area contributed by atoms with Gasteiger partial charge in [-0.05, 0) is 6.07 Å². The summed E-state index contributed by atoms with van der Waals surface area (Å²) in [5, 5.41) is 5.27. The van der Waals surface area contributed by atoms with Crippen molar-refractivity contribution in [1.82, 2.24) is 19.8 Å². The van der Waals surface area contributed by atoms with Gasteiger partial charge in [-0.25, -0.2) is 4.98 Å². The summed E-state index contributed by atoms with van der Waals surface area (Å²) in [6.45, 7) is 1.04. The second-order valence-corrected chi connectivity index (χ2v) is 6.84. The maximum atomic E-state index is 12.5. The lowest BCUT2D eigenvalue weighted by molar-refractivity contribution is -0.140. The van der Waals surface area contributed by atoms with Crippen LogP contribution in [0.4, 0.5) is 13.2 Å². The normalized spacial score (nSPS) is 12.5. The van der Waals surface area contributed by atoms with Crippen LogP contribution in [0.5, 0.6) is 0 Å². The third-order valence-electron chi connectivity index (χ3n) is 3.51. The van der Waals surface area contributed by atoms with Crippen molar-refractivity contribution in [1.29, 1.82) is 0 Å². The van der Waals surface area contributed by atoms with Crippen molar-refractivity contribution in [2.45, 2.75) is 19.1 Å². The number of aliphatic imine (C=N–C) groups is 1. The third kappa shape index (κ3) is 5.37. The van der Waals surface area contributed by atoms with E-state index in [1.54, 1.807) is 7.05 Å². The maximum absolute atomic E-state index is 12.5. The molecule has 0 atom stereocenters. The number of hydrogen-bond acceptors (Lipinski definition) is 3. The van der Waals surface area contributed by atoms with Gasteiger partial charge in [0.2, 0.25) is 0 Å². The largest absolute Gasteiger partial charge is 0.434 e. The molecule has 0 aliphatic rings. The van der Waals surface area contributed by atoms with Gasteiger partial charge in [0.1, 0.15) is 0 Å². The van der Waals surface area contributed by atoms with Crippen LogP contribution in [-0.2, 0) is 26.2 Å². The molecule has 0 bridgehead atoms. The second-order valence-electron chi connectivity index (χ2n) is 5.46. The minimum absolute atomic E-state index is 0.392. The molecule has 2 aromatic rings. The highest BCUT2D eigenvalue weighted by Crippen LogP contribution is 2.30. The Balaban J connectivity index is 1.87. The van der Waals surface area contributed by atoms with Crippen LogP contribution in [0.2, 0.25) is 5.02 Å². The topological polar surface area (TPSA) is 45.5 Å². The summed E-state index contributed by atoms with van der Waals surface area (Å²) in [6.07, 6.45) is -2.18. The van der Waals surface area contributed by atoms with Gasteiger partial charge in [-0.1, -0.05) is 11.6 Å². The molecule has 5 nitrogen and oxygen atoms in total. The zero-order valence-corrected chi connectivity index (χ0v) is 15.6. The fraction of sp³-hybridized carbons (Fsp3) is 0.467. The number of nitrogens with one attached hydrogen (secondary N) is 1. The molecular formula is C15H19ClF3N5S. The van der Waals surface area contributed by atoms with E-state index in [0.717, 1.165) is 22.4 Å². The number of aryl methyl sites for hydroxylation is 1. The van der Waals surface area contributed by atoms with E-state index in [1.807, 2.05) is 35.8 Å². The summed E-state index contributed by atoms with van der Waals surface area (Å²) in [4.78, 5) is 9.71. The Kier molecular flexibility index (Phi) is 6.34. The molecule has 2 rings (SSSR count). The molecule has 138 valence electrons. The van der Waals surface area contributed by atoms with Crippen LogP contribution in [0, 0.1) is 0 Å². The van der Waals surface area contributed by atoms with Crippen molar-refractivity contribution in [3.8, 4) is 0 Å². The molecule has 0 aromatic carbocycles. The summed E-state index contributed by atoms with van der Waals surface area (Å²) >= 11 is 6.99. The molecular weight excluding hydrogens is 375 g/mol. The van der Waals surface area contributed by atoms with Crippen LogP contribution in [0.15, 0.2) is 22.6 Å². The Morgan fingerprint density at radius 2 is 2.20 bits per heavy atom. The minimum Gasteiger partial charge on any atom is -0.356 e. The molecule has 0 unspecified atom stereocenters. The first-order chi connectivity index (χ1) is 11.7. The van der Waals surface area contributed by atoms with Crippen LogP contribution in [0.25, 0.3) is 0 Å². The standard InChI is InChI=1S/C15H19ClF3N5S/c1-20-14(24(3)8-11-6-10(16)7-23(11)2)21-5-4-13-22-12(9-25-13)15(17,18)19/h6-7,9H,4-5,8H2,1-3H3,(H,20,21). The summed E-state index contributed by atoms with van der Waals surface area (Å²) < 4.78 is 39.6. The average molecular weight is 394 g/mol. The number of thiazole rings is 1. The first-order valence-electron chi connectivity index (χ1n) is 7.45. The van der Waals surface area contributed by atoms with E-state index in [2.05, 4.69) is 15.3 Å². The predicted octanol–water partition coefficient (Wildman–Crippen LogP) is 3.40. The number of aromatic nitrogens is 2. The monoisotopic (exact) mass is 393 g/mol. The van der Waals surface area contributed by atoms with Gasteiger partial charge in [0.15, 0.2) is 11.7 Å². The van der Waals surface area contributed by atoms with Crippen molar-refractivity contribution in [3.05, 3.63) is 39.1 Å². The van der Waals surface area contributed by atoms with Crippen molar-refractivity contribution in [3.63, 3.8) is 0 Å². The van der Waals surface area contributed by atoms with Gasteiger partial charge < -0.3 is 14.8 Å². The van der Waals surface area contributed by atoms with Gasteiger partial charge in [0, 0.05) is 51.4 Å². The van der Waals surface area contributed by atoms with Gasteiger partial charge in [0.25, 0.3) is 0 Å². The van der Waals surface area contributed by atoms with Gasteiger partial charge in [-0.2, -0.15) is 13.2 Å². The average Bonchev–Trinajstić information content (AvgIpc) is 3.10. The highest BCUT2D eigenvalue weighted by molar-refractivity contribution is 7.09. The summed E-state index contributed by atoms with van der Waals surface area (Å²) in [6, 6.07) is 1.87. The van der Waals surface area contributed by atoms with E-state index in [-0.39, 0.29) is 0 Å². The lowest BCUT2D eigenvalue weighted by Gasteiger charge is -2.22. The van der Waals surface area contributed by atoms with Crippen molar-refractivity contribution >= 4 is 28.9 Å². The summed E-state index contributed by atoms with van der Waals surface area (Å²) in [5.41, 5.74) is 0.180. The molecule has 25 heavy (non-hydrogen) atoms. The molecule has 0 fully saturated rings. The van der Waals surface area contributed by atoms with E-state index < -0.39 is 11.9 Å². The lowest BCUT2D eigenvalue weighted by atomic mass is 10.4. The van der Waals surface area contributed by atoms with Crippen molar-refractivity contribution in [2.24, 2.45) is 12.0 Å². The molecule has 0 radical (unpaired) electrons. The number of alkyl halides is 3. The maximum Gasteiger partial charge on any atom is 0.434 e. The SMILES string of the molecule is CN=C(NCCc1nc(C(F)(F)F)cs1)N(C)Cc1cc(Cl)cn1C. The zero-order chi connectivity index (χ0) is 18.6. The highest BCUT2D eigenvalue weighted by Gasteiger charge is 2.33. The quantitative estimate of drug-likeness (QED) is 0.625. The fourth-order valence-electron chi connectivity index (χ4n) is 2.26. The number of halogens is 4. The highest BCUT2D eigenvalue weighted by atomic mass is 35.5. The number of nitrogens with zero attached hydrogens (tertiary/aromatic N) is 4. The van der Waals surface area contributed by atoms with Crippen LogP contribution < -0.4 is 5.32 Å². The second kappa shape index (κ2) is 8.09. The first kappa shape index (κ1) is 19.6. The molecule has 0 saturated carbocycles. The van der Waals surface area contributed by atoms with Gasteiger partial charge in [-0.15, -0.1) is 11.3 Å². The van der Waals surface area contributed by atoms with E-state index in [1.165, 1.54) is 0 Å². The zero-order valence-electron chi connectivity index (χ0n) is 14.1. The predicted molar refractivity (Wildman–Crippen MR) is 94.1 cm³/mol. The lowest BCUT2D eigenvalue weighted by Crippen LogP contribution is -2.39. The Bertz CT molecular complexity index is 738. The molecule has 10 heteroatoms. The molecule has 0 aliphatic carbocycles. The molecule has 1 N–H and O–H groups in total.